The highest BCUT2D eigenvalue weighted by molar-refractivity contribution is 6.01. The molecule has 1 saturated carbocycles. The van der Waals surface area contributed by atoms with Crippen LogP contribution in [0.3, 0.4) is 0 Å². The lowest BCUT2D eigenvalue weighted by molar-refractivity contribution is -0.118. The van der Waals surface area contributed by atoms with Crippen LogP contribution in [-0.4, -0.2) is 48.7 Å². The van der Waals surface area contributed by atoms with Crippen molar-refractivity contribution in [1.29, 1.82) is 0 Å². The predicted octanol–water partition coefficient (Wildman–Crippen LogP) is 3.98. The Labute approximate surface area is 180 Å². The molecular formula is C24H37N3O3. The number of amides is 1. The monoisotopic (exact) mass is 415 g/mol. The molecule has 2 atom stereocenters. The summed E-state index contributed by atoms with van der Waals surface area (Å²) >= 11 is 0. The van der Waals surface area contributed by atoms with Crippen molar-refractivity contribution >= 4 is 23.3 Å². The molecule has 166 valence electrons. The fourth-order valence-corrected chi connectivity index (χ4v) is 3.83. The highest BCUT2D eigenvalue weighted by atomic mass is 16.6. The topological polar surface area (TPSA) is 61.9 Å². The first-order valence-electron chi connectivity index (χ1n) is 11.2. The number of nitrogens with zero attached hydrogens (tertiary/aromatic N) is 2. The molecule has 1 aromatic rings. The number of carbonyl (C=O) groups excluding carboxylic acids is 2. The second-order valence-electron chi connectivity index (χ2n) is 10.1. The zero-order chi connectivity index (χ0) is 22.2. The first-order valence-corrected chi connectivity index (χ1v) is 11.2. The number of hydrogen-bond donors (Lipinski definition) is 1. The van der Waals surface area contributed by atoms with Gasteiger partial charge in [0.05, 0.1) is 23.5 Å². The molecule has 2 aliphatic rings. The molecule has 1 aliphatic heterocycles. The first kappa shape index (κ1) is 22.6. The molecule has 1 fully saturated rings. The molecular weight excluding hydrogens is 378 g/mol. The Hall–Kier alpha value is -2.08. The van der Waals surface area contributed by atoms with Crippen molar-refractivity contribution in [2.45, 2.75) is 85.0 Å². The van der Waals surface area contributed by atoms with Gasteiger partial charge in [-0.15, -0.1) is 0 Å². The van der Waals surface area contributed by atoms with Crippen LogP contribution < -0.4 is 15.1 Å². The van der Waals surface area contributed by atoms with Crippen molar-refractivity contribution in [3.8, 4) is 0 Å². The molecule has 6 nitrogen and oxygen atoms in total. The van der Waals surface area contributed by atoms with Gasteiger partial charge in [-0.1, -0.05) is 13.8 Å². The van der Waals surface area contributed by atoms with E-state index in [-0.39, 0.29) is 30.5 Å². The van der Waals surface area contributed by atoms with Crippen LogP contribution in [-0.2, 0) is 9.53 Å². The van der Waals surface area contributed by atoms with Crippen molar-refractivity contribution in [3.05, 3.63) is 23.8 Å². The lowest BCUT2D eigenvalue weighted by Crippen LogP contribution is -2.53. The maximum Gasteiger partial charge on any atom is 0.338 e. The Morgan fingerprint density at radius 3 is 2.40 bits per heavy atom. The quantitative estimate of drug-likeness (QED) is 0.712. The molecule has 1 unspecified atom stereocenters. The van der Waals surface area contributed by atoms with E-state index in [9.17, 15) is 9.59 Å². The zero-order valence-corrected chi connectivity index (χ0v) is 19.5. The van der Waals surface area contributed by atoms with Crippen molar-refractivity contribution in [2.75, 3.05) is 22.9 Å². The van der Waals surface area contributed by atoms with Crippen LogP contribution in [0.25, 0.3) is 0 Å². The maximum absolute atomic E-state index is 13.2. The van der Waals surface area contributed by atoms with Gasteiger partial charge < -0.3 is 19.9 Å². The fraction of sp³-hybridized carbons (Fsp3) is 0.667. The Morgan fingerprint density at radius 2 is 1.83 bits per heavy atom. The number of nitrogens with one attached hydrogen (secondary N) is 1. The SMILES string of the molecule is CC(C)[C@H](C)NCC(=O)N1CC(C)N(C2CC2)c2ccc(C(=O)OC(C)(C)C)cc21. The standard InChI is InChI=1S/C24H37N3O3/c1-15(2)17(4)25-13-22(28)26-14-16(3)27(19-9-10-19)20-11-8-18(12-21(20)26)23(29)30-24(5,6)7/h8,11-12,15-17,19,25H,9-10,13-14H2,1-7H3/t16?,17-/m0/s1. The van der Waals surface area contributed by atoms with Gasteiger partial charge in [-0.05, 0) is 71.6 Å². The number of carbonyl (C=O) groups is 2. The lowest BCUT2D eigenvalue weighted by atomic mass is 10.0. The maximum atomic E-state index is 13.2. The second kappa shape index (κ2) is 8.58. The third kappa shape index (κ3) is 5.15. The largest absolute Gasteiger partial charge is 0.456 e. The summed E-state index contributed by atoms with van der Waals surface area (Å²) in [5.41, 5.74) is 1.77. The summed E-state index contributed by atoms with van der Waals surface area (Å²) < 4.78 is 5.56. The zero-order valence-electron chi connectivity index (χ0n) is 19.5. The summed E-state index contributed by atoms with van der Waals surface area (Å²) in [5, 5.41) is 3.34. The molecule has 1 heterocycles. The molecule has 0 aromatic heterocycles. The van der Waals surface area contributed by atoms with Crippen molar-refractivity contribution in [1.82, 2.24) is 5.32 Å². The van der Waals surface area contributed by atoms with Gasteiger partial charge in [-0.2, -0.15) is 0 Å². The number of hydrogen-bond acceptors (Lipinski definition) is 5. The van der Waals surface area contributed by atoms with E-state index in [0.29, 0.717) is 24.1 Å². The summed E-state index contributed by atoms with van der Waals surface area (Å²) in [4.78, 5) is 30.1. The summed E-state index contributed by atoms with van der Waals surface area (Å²) in [6, 6.07) is 6.65. The number of rotatable bonds is 6. The van der Waals surface area contributed by atoms with Crippen LogP contribution in [0.1, 0.15) is 71.7 Å². The Bertz CT molecular complexity index is 795. The average Bonchev–Trinajstić information content (AvgIpc) is 3.48. The van der Waals surface area contributed by atoms with E-state index < -0.39 is 5.60 Å². The number of anilines is 2. The molecule has 30 heavy (non-hydrogen) atoms. The van der Waals surface area contributed by atoms with Gasteiger partial charge in [0, 0.05) is 24.7 Å². The molecule has 1 aliphatic carbocycles. The Balaban J connectivity index is 1.90. The summed E-state index contributed by atoms with van der Waals surface area (Å²) in [6.07, 6.45) is 2.36. The van der Waals surface area contributed by atoms with E-state index in [0.717, 1.165) is 11.4 Å². The molecule has 6 heteroatoms. The average molecular weight is 416 g/mol. The molecule has 0 saturated heterocycles. The van der Waals surface area contributed by atoms with Gasteiger partial charge in [0.15, 0.2) is 0 Å². The Morgan fingerprint density at radius 1 is 1.17 bits per heavy atom. The molecule has 1 aromatic carbocycles. The normalized spacial score (nSPS) is 20.2. The molecule has 0 bridgehead atoms. The highest BCUT2D eigenvalue weighted by Gasteiger charge is 2.39. The van der Waals surface area contributed by atoms with E-state index in [1.54, 1.807) is 0 Å². The molecule has 3 rings (SSSR count). The third-order valence-corrected chi connectivity index (χ3v) is 5.92. The van der Waals surface area contributed by atoms with Crippen LogP contribution in [0.5, 0.6) is 0 Å². The van der Waals surface area contributed by atoms with Crippen LogP contribution in [0.2, 0.25) is 0 Å². The molecule has 0 radical (unpaired) electrons. The van der Waals surface area contributed by atoms with Gasteiger partial charge in [0.2, 0.25) is 5.91 Å². The number of fused-ring (bicyclic) bond motifs is 1. The van der Waals surface area contributed by atoms with Gasteiger partial charge in [-0.3, -0.25) is 4.79 Å². The van der Waals surface area contributed by atoms with E-state index in [2.05, 4.69) is 37.9 Å². The smallest absolute Gasteiger partial charge is 0.338 e. The van der Waals surface area contributed by atoms with Gasteiger partial charge in [-0.25, -0.2) is 4.79 Å². The highest BCUT2D eigenvalue weighted by Crippen LogP contribution is 2.43. The fourth-order valence-electron chi connectivity index (χ4n) is 3.83. The van der Waals surface area contributed by atoms with Crippen molar-refractivity contribution in [2.24, 2.45) is 5.92 Å². The van der Waals surface area contributed by atoms with Crippen molar-refractivity contribution in [3.63, 3.8) is 0 Å². The first-order chi connectivity index (χ1) is 14.0. The van der Waals surface area contributed by atoms with E-state index in [1.807, 2.05) is 43.9 Å². The molecule has 1 amide bonds. The van der Waals surface area contributed by atoms with Crippen LogP contribution in [0, 0.1) is 5.92 Å². The number of ether oxygens (including phenoxy) is 1. The second-order valence-corrected chi connectivity index (χ2v) is 10.1. The van der Waals surface area contributed by atoms with Gasteiger partial charge >= 0.3 is 5.97 Å². The minimum Gasteiger partial charge on any atom is -0.456 e. The minimum atomic E-state index is -0.562. The van der Waals surface area contributed by atoms with Gasteiger partial charge in [0.1, 0.15) is 5.60 Å². The Kier molecular flexibility index (Phi) is 6.46. The summed E-state index contributed by atoms with van der Waals surface area (Å²) in [5.74, 6) is 0.128. The minimum absolute atomic E-state index is 0.0346. The molecule has 1 N–H and O–H groups in total. The van der Waals surface area contributed by atoms with Crippen LogP contribution in [0.4, 0.5) is 11.4 Å². The van der Waals surface area contributed by atoms with Gasteiger partial charge in [0.25, 0.3) is 0 Å². The van der Waals surface area contributed by atoms with E-state index >= 15 is 0 Å². The molecule has 0 spiro atoms. The van der Waals surface area contributed by atoms with Crippen LogP contribution >= 0.6 is 0 Å². The van der Waals surface area contributed by atoms with Crippen molar-refractivity contribution < 1.29 is 14.3 Å². The van der Waals surface area contributed by atoms with Crippen LogP contribution in [0.15, 0.2) is 18.2 Å². The van der Waals surface area contributed by atoms with E-state index in [4.69, 9.17) is 4.74 Å². The van der Waals surface area contributed by atoms with E-state index in [1.165, 1.54) is 12.8 Å². The third-order valence-electron chi connectivity index (χ3n) is 5.92. The summed E-state index contributed by atoms with van der Waals surface area (Å²) in [7, 11) is 0. The lowest BCUT2D eigenvalue weighted by Gasteiger charge is -2.43. The number of benzene rings is 1. The summed E-state index contributed by atoms with van der Waals surface area (Å²) in [6.45, 7) is 15.0. The predicted molar refractivity (Wildman–Crippen MR) is 121 cm³/mol. The number of esters is 1.